The number of hydrogen-bond acceptors (Lipinski definition) is 3. The maximum Gasteiger partial charge on any atom is 0.135 e. The van der Waals surface area contributed by atoms with Crippen molar-refractivity contribution in [3.63, 3.8) is 0 Å². The van der Waals surface area contributed by atoms with Gasteiger partial charge in [0.25, 0.3) is 0 Å². The number of piperidine rings is 1. The highest BCUT2D eigenvalue weighted by Gasteiger charge is 2.22. The van der Waals surface area contributed by atoms with Crippen molar-refractivity contribution < 1.29 is 0 Å². The summed E-state index contributed by atoms with van der Waals surface area (Å²) >= 11 is 0. The standard InChI is InChI=1S/C9H16N4/c1-7-5-8(3-4-10-7)9-12-11-6-13(9)2/h6-8,10H,3-5H2,1-2H3/t7-,8-/m0/s1. The van der Waals surface area contributed by atoms with Crippen LogP contribution in [0.15, 0.2) is 6.33 Å². The van der Waals surface area contributed by atoms with E-state index in [2.05, 4.69) is 22.4 Å². The summed E-state index contributed by atoms with van der Waals surface area (Å²) in [6.45, 7) is 3.32. The molecule has 4 nitrogen and oxygen atoms in total. The molecule has 4 heteroatoms. The van der Waals surface area contributed by atoms with E-state index < -0.39 is 0 Å². The Hall–Kier alpha value is -0.900. The molecule has 0 unspecified atom stereocenters. The van der Waals surface area contributed by atoms with Crippen LogP contribution < -0.4 is 5.32 Å². The third kappa shape index (κ3) is 1.72. The first kappa shape index (κ1) is 8.69. The van der Waals surface area contributed by atoms with Crippen LogP contribution in [0.5, 0.6) is 0 Å². The lowest BCUT2D eigenvalue weighted by Gasteiger charge is -2.26. The minimum Gasteiger partial charge on any atom is -0.320 e. The predicted molar refractivity (Wildman–Crippen MR) is 50.4 cm³/mol. The van der Waals surface area contributed by atoms with E-state index in [1.54, 1.807) is 6.33 Å². The van der Waals surface area contributed by atoms with Crippen LogP contribution in [-0.4, -0.2) is 27.4 Å². The molecule has 0 aliphatic carbocycles. The van der Waals surface area contributed by atoms with Gasteiger partial charge in [0.2, 0.25) is 0 Å². The minimum atomic E-state index is 0.587. The number of rotatable bonds is 1. The number of aryl methyl sites for hydroxylation is 1. The van der Waals surface area contributed by atoms with Crippen LogP contribution in [0.4, 0.5) is 0 Å². The highest BCUT2D eigenvalue weighted by molar-refractivity contribution is 4.99. The summed E-state index contributed by atoms with van der Waals surface area (Å²) in [6.07, 6.45) is 4.13. The molecule has 72 valence electrons. The summed E-state index contributed by atoms with van der Waals surface area (Å²) in [5.41, 5.74) is 0. The topological polar surface area (TPSA) is 42.7 Å². The summed E-state index contributed by atoms with van der Waals surface area (Å²) in [4.78, 5) is 0. The van der Waals surface area contributed by atoms with E-state index in [0.29, 0.717) is 12.0 Å². The maximum atomic E-state index is 4.16. The van der Waals surface area contributed by atoms with Crippen molar-refractivity contribution in [3.8, 4) is 0 Å². The van der Waals surface area contributed by atoms with Gasteiger partial charge in [-0.2, -0.15) is 0 Å². The van der Waals surface area contributed by atoms with Crippen molar-refractivity contribution in [2.24, 2.45) is 7.05 Å². The second-order valence-corrected chi connectivity index (χ2v) is 3.88. The van der Waals surface area contributed by atoms with Gasteiger partial charge in [-0.15, -0.1) is 10.2 Å². The first-order valence-electron chi connectivity index (χ1n) is 4.84. The molecule has 0 bridgehead atoms. The molecule has 1 N–H and O–H groups in total. The van der Waals surface area contributed by atoms with Gasteiger partial charge in [-0.05, 0) is 26.3 Å². The number of aromatic nitrogens is 3. The molecule has 2 rings (SSSR count). The van der Waals surface area contributed by atoms with E-state index in [-0.39, 0.29) is 0 Å². The van der Waals surface area contributed by atoms with E-state index >= 15 is 0 Å². The first-order chi connectivity index (χ1) is 6.27. The first-order valence-corrected chi connectivity index (χ1v) is 4.84. The van der Waals surface area contributed by atoms with Gasteiger partial charge >= 0.3 is 0 Å². The quantitative estimate of drug-likeness (QED) is 0.690. The van der Waals surface area contributed by atoms with Crippen molar-refractivity contribution in [2.45, 2.75) is 31.7 Å². The number of hydrogen-bond donors (Lipinski definition) is 1. The van der Waals surface area contributed by atoms with Gasteiger partial charge in [-0.25, -0.2) is 0 Å². The molecule has 0 aromatic carbocycles. The second-order valence-electron chi connectivity index (χ2n) is 3.88. The zero-order chi connectivity index (χ0) is 9.26. The third-order valence-electron chi connectivity index (χ3n) is 2.74. The van der Waals surface area contributed by atoms with Gasteiger partial charge in [0.1, 0.15) is 12.2 Å². The highest BCUT2D eigenvalue weighted by Crippen LogP contribution is 2.25. The average Bonchev–Trinajstić information content (AvgIpc) is 2.51. The van der Waals surface area contributed by atoms with E-state index in [9.17, 15) is 0 Å². The molecular formula is C9H16N4. The molecule has 1 aliphatic heterocycles. The van der Waals surface area contributed by atoms with Crippen LogP contribution in [0.1, 0.15) is 31.5 Å². The molecule has 0 spiro atoms. The lowest BCUT2D eigenvalue weighted by atomic mass is 9.92. The minimum absolute atomic E-state index is 0.587. The SMILES string of the molecule is C[C@H]1C[C@@H](c2nncn2C)CCN1. The van der Waals surface area contributed by atoms with Crippen molar-refractivity contribution in [3.05, 3.63) is 12.2 Å². The fourth-order valence-corrected chi connectivity index (χ4v) is 2.03. The monoisotopic (exact) mass is 180 g/mol. The summed E-state index contributed by atoms with van der Waals surface area (Å²) < 4.78 is 2.03. The molecule has 0 radical (unpaired) electrons. The van der Waals surface area contributed by atoms with E-state index in [4.69, 9.17) is 0 Å². The van der Waals surface area contributed by atoms with Crippen molar-refractivity contribution >= 4 is 0 Å². The van der Waals surface area contributed by atoms with E-state index in [0.717, 1.165) is 12.4 Å². The van der Waals surface area contributed by atoms with Crippen LogP contribution in [0.25, 0.3) is 0 Å². The fraction of sp³-hybridized carbons (Fsp3) is 0.778. The Morgan fingerprint density at radius 2 is 2.46 bits per heavy atom. The number of nitrogens with zero attached hydrogens (tertiary/aromatic N) is 3. The van der Waals surface area contributed by atoms with Gasteiger partial charge in [-0.3, -0.25) is 0 Å². The second kappa shape index (κ2) is 3.46. The summed E-state index contributed by atoms with van der Waals surface area (Å²) in [7, 11) is 2.02. The highest BCUT2D eigenvalue weighted by atomic mass is 15.2. The molecule has 2 heterocycles. The predicted octanol–water partition coefficient (Wildman–Crippen LogP) is 0.671. The van der Waals surface area contributed by atoms with Crippen LogP contribution in [-0.2, 0) is 7.05 Å². The molecule has 1 aromatic heterocycles. The molecule has 13 heavy (non-hydrogen) atoms. The Balaban J connectivity index is 2.12. The average molecular weight is 180 g/mol. The summed E-state index contributed by atoms with van der Waals surface area (Å²) in [5.74, 6) is 1.72. The Kier molecular flexibility index (Phi) is 2.31. The summed E-state index contributed by atoms with van der Waals surface area (Å²) in [5, 5.41) is 11.5. The molecule has 1 saturated heterocycles. The molecule has 0 amide bonds. The lowest BCUT2D eigenvalue weighted by molar-refractivity contribution is 0.366. The van der Waals surface area contributed by atoms with Crippen molar-refractivity contribution in [1.29, 1.82) is 0 Å². The molecule has 1 fully saturated rings. The number of nitrogens with one attached hydrogen (secondary N) is 1. The van der Waals surface area contributed by atoms with Crippen LogP contribution >= 0.6 is 0 Å². The van der Waals surface area contributed by atoms with Gasteiger partial charge in [0.05, 0.1) is 0 Å². The maximum absolute atomic E-state index is 4.16. The van der Waals surface area contributed by atoms with E-state index in [1.807, 2.05) is 11.6 Å². The zero-order valence-electron chi connectivity index (χ0n) is 8.20. The Bertz CT molecular complexity index is 281. The molecule has 1 aliphatic rings. The lowest BCUT2D eigenvalue weighted by Crippen LogP contribution is -2.35. The van der Waals surface area contributed by atoms with Gasteiger partial charge in [0.15, 0.2) is 0 Å². The van der Waals surface area contributed by atoms with Crippen LogP contribution in [0, 0.1) is 0 Å². The molecule has 0 saturated carbocycles. The van der Waals surface area contributed by atoms with Crippen LogP contribution in [0.3, 0.4) is 0 Å². The van der Waals surface area contributed by atoms with E-state index in [1.165, 1.54) is 12.8 Å². The third-order valence-corrected chi connectivity index (χ3v) is 2.74. The molecule has 1 aromatic rings. The largest absolute Gasteiger partial charge is 0.320 e. The normalized spacial score (nSPS) is 29.1. The van der Waals surface area contributed by atoms with Crippen LogP contribution in [0.2, 0.25) is 0 Å². The van der Waals surface area contributed by atoms with Crippen molar-refractivity contribution in [2.75, 3.05) is 6.54 Å². The fourth-order valence-electron chi connectivity index (χ4n) is 2.03. The summed E-state index contributed by atoms with van der Waals surface area (Å²) in [6, 6.07) is 0.607. The van der Waals surface area contributed by atoms with Crippen molar-refractivity contribution in [1.82, 2.24) is 20.1 Å². The van der Waals surface area contributed by atoms with Gasteiger partial charge in [-0.1, -0.05) is 0 Å². The Morgan fingerprint density at radius 3 is 3.08 bits per heavy atom. The zero-order valence-corrected chi connectivity index (χ0v) is 8.20. The molecular weight excluding hydrogens is 164 g/mol. The Labute approximate surface area is 78.4 Å². The Morgan fingerprint density at radius 1 is 1.62 bits per heavy atom. The smallest absolute Gasteiger partial charge is 0.135 e. The van der Waals surface area contributed by atoms with Gasteiger partial charge < -0.3 is 9.88 Å². The molecule has 2 atom stereocenters. The van der Waals surface area contributed by atoms with Gasteiger partial charge in [0, 0.05) is 19.0 Å².